The summed E-state index contributed by atoms with van der Waals surface area (Å²) in [7, 11) is -2.37. The Morgan fingerprint density at radius 2 is 1.63 bits per heavy atom. The lowest BCUT2D eigenvalue weighted by Gasteiger charge is -2.05. The zero-order chi connectivity index (χ0) is 19.8. The van der Waals surface area contributed by atoms with Crippen LogP contribution < -0.4 is 19.8 Å². The van der Waals surface area contributed by atoms with Crippen molar-refractivity contribution < 1.29 is 28.2 Å². The number of nitrogens with zero attached hydrogens (tertiary/aromatic N) is 2. The number of nitrogens with one attached hydrogen (secondary N) is 1. The van der Waals surface area contributed by atoms with Crippen LogP contribution in [0.3, 0.4) is 0 Å². The van der Waals surface area contributed by atoms with Crippen molar-refractivity contribution >= 4 is 43.5 Å². The molecule has 0 radical (unpaired) electrons. The Labute approximate surface area is 156 Å². The van der Waals surface area contributed by atoms with E-state index in [1.165, 1.54) is 12.1 Å². The molecule has 0 bridgehead atoms. The molecule has 0 unspecified atom stereocenters. The van der Waals surface area contributed by atoms with Crippen molar-refractivity contribution in [1.82, 2.24) is 9.40 Å². The first-order chi connectivity index (χ1) is 12.7. The van der Waals surface area contributed by atoms with Gasteiger partial charge in [0.15, 0.2) is 0 Å². The quantitative estimate of drug-likeness (QED) is 0.526. The van der Waals surface area contributed by atoms with E-state index in [0.717, 1.165) is 35.6 Å². The van der Waals surface area contributed by atoms with Crippen LogP contribution in [-0.2, 0) is 17.1 Å². The zero-order valence-electron chi connectivity index (χ0n) is 13.7. The molecular formula is C16H11N3O6S2-2. The fourth-order valence-electron chi connectivity index (χ4n) is 2.29. The average molecular weight is 405 g/mol. The molecule has 0 saturated carbocycles. The summed E-state index contributed by atoms with van der Waals surface area (Å²) in [6, 6.07) is 8.86. The molecule has 2 aromatic carbocycles. The number of rotatable bonds is 5. The van der Waals surface area contributed by atoms with E-state index in [4.69, 9.17) is 0 Å². The number of thiazole rings is 1. The third-order valence-corrected chi connectivity index (χ3v) is 6.03. The lowest BCUT2D eigenvalue weighted by atomic mass is 10.2. The predicted molar refractivity (Wildman–Crippen MR) is 91.8 cm³/mol. The van der Waals surface area contributed by atoms with Crippen LogP contribution in [0.4, 0.5) is 0 Å². The van der Waals surface area contributed by atoms with Gasteiger partial charge in [0.1, 0.15) is 0 Å². The number of aromatic carboxylic acids is 2. The minimum absolute atomic E-state index is 0.00416. The highest BCUT2D eigenvalue weighted by atomic mass is 32.2. The molecular weight excluding hydrogens is 394 g/mol. The minimum atomic E-state index is -4.02. The number of hydrogen-bond donors (Lipinski definition) is 1. The number of carbonyl (C=O) groups excluding carboxylic acids is 2. The molecule has 1 heterocycles. The van der Waals surface area contributed by atoms with E-state index in [9.17, 15) is 28.2 Å². The molecule has 1 aromatic heterocycles. The molecule has 0 spiro atoms. The first-order valence-electron chi connectivity index (χ1n) is 7.37. The molecule has 0 atom stereocenters. The molecule has 1 N–H and O–H groups in total. The number of sulfonamides is 1. The molecule has 9 nitrogen and oxygen atoms in total. The molecule has 0 amide bonds. The lowest BCUT2D eigenvalue weighted by Crippen LogP contribution is -2.24. The monoisotopic (exact) mass is 405 g/mol. The number of carboxylic acid groups (broad SMARTS) is 2. The van der Waals surface area contributed by atoms with Crippen molar-refractivity contribution in [3.8, 4) is 0 Å². The van der Waals surface area contributed by atoms with Gasteiger partial charge in [-0.1, -0.05) is 29.5 Å². The molecule has 140 valence electrons. The van der Waals surface area contributed by atoms with Gasteiger partial charge in [-0.25, -0.2) is 0 Å². The van der Waals surface area contributed by atoms with E-state index >= 15 is 0 Å². The Bertz CT molecular complexity index is 1220. The van der Waals surface area contributed by atoms with E-state index in [-0.39, 0.29) is 20.8 Å². The van der Waals surface area contributed by atoms with Crippen LogP contribution in [0.5, 0.6) is 0 Å². The smallest absolute Gasteiger partial charge is 0.276 e. The highest BCUT2D eigenvalue weighted by molar-refractivity contribution is 7.89. The lowest BCUT2D eigenvalue weighted by molar-refractivity contribution is -0.256. The predicted octanol–water partition coefficient (Wildman–Crippen LogP) is -1.24. The van der Waals surface area contributed by atoms with E-state index in [0.29, 0.717) is 10.2 Å². The molecule has 27 heavy (non-hydrogen) atoms. The molecule has 3 aromatic rings. The molecule has 0 aliphatic rings. The summed E-state index contributed by atoms with van der Waals surface area (Å²) in [6.45, 7) is 0. The molecule has 11 heteroatoms. The first-order valence-corrected chi connectivity index (χ1v) is 9.67. The van der Waals surface area contributed by atoms with Gasteiger partial charge >= 0.3 is 0 Å². The summed E-state index contributed by atoms with van der Waals surface area (Å²) >= 11 is 1.09. The van der Waals surface area contributed by atoms with E-state index in [1.807, 2.05) is 0 Å². The number of carbonyl (C=O) groups is 2. The second-order valence-electron chi connectivity index (χ2n) is 5.43. The van der Waals surface area contributed by atoms with E-state index < -0.39 is 22.0 Å². The summed E-state index contributed by atoms with van der Waals surface area (Å²) in [6.07, 6.45) is 0. The number of carboxylic acids is 2. The Kier molecular flexibility index (Phi) is 4.72. The fourth-order valence-corrected chi connectivity index (χ4v) is 4.17. The highest BCUT2D eigenvalue weighted by Gasteiger charge is 2.13. The largest absolute Gasteiger partial charge is 0.545 e. The fraction of sp³-hybridized carbons (Fsp3) is 0.0625. The molecule has 0 aliphatic carbocycles. The summed E-state index contributed by atoms with van der Waals surface area (Å²) in [5.74, 6) is -2.73. The maximum atomic E-state index is 12.3. The summed E-state index contributed by atoms with van der Waals surface area (Å²) in [5.41, 5.74) is 0.524. The third-order valence-electron chi connectivity index (χ3n) is 3.71. The van der Waals surface area contributed by atoms with Gasteiger partial charge in [0.25, 0.3) is 10.0 Å². The topological polar surface area (TPSA) is 144 Å². The van der Waals surface area contributed by atoms with Gasteiger partial charge in [0.2, 0.25) is 4.80 Å². The summed E-state index contributed by atoms with van der Waals surface area (Å²) in [4.78, 5) is 23.9. The van der Waals surface area contributed by atoms with Gasteiger partial charge in [0.05, 0.1) is 27.1 Å². The Morgan fingerprint density at radius 1 is 1.04 bits per heavy atom. The van der Waals surface area contributed by atoms with Crippen molar-refractivity contribution in [2.45, 2.75) is 4.90 Å². The SMILES string of the molecule is Cn1/c(=N/NS(=O)(=O)c2ccc(C(=O)[O-])cc2)sc2cc(C(=O)[O-])ccc21. The number of aryl methyl sites for hydroxylation is 1. The molecule has 0 fully saturated rings. The van der Waals surface area contributed by atoms with Crippen LogP contribution in [-0.4, -0.2) is 24.9 Å². The number of fused-ring (bicyclic) bond motifs is 1. The maximum absolute atomic E-state index is 12.3. The van der Waals surface area contributed by atoms with Crippen LogP contribution >= 0.6 is 11.3 Å². The van der Waals surface area contributed by atoms with Crippen molar-refractivity contribution in [2.75, 3.05) is 0 Å². The molecule has 3 rings (SSSR count). The molecule has 0 aliphatic heterocycles. The molecule has 0 saturated heterocycles. The third kappa shape index (κ3) is 3.68. The Balaban J connectivity index is 1.95. The highest BCUT2D eigenvalue weighted by Crippen LogP contribution is 2.18. The van der Waals surface area contributed by atoms with Crippen LogP contribution in [0.25, 0.3) is 10.2 Å². The number of hydrogen-bond acceptors (Lipinski definition) is 8. The van der Waals surface area contributed by atoms with Crippen molar-refractivity contribution in [1.29, 1.82) is 0 Å². The average Bonchev–Trinajstić information content (AvgIpc) is 2.95. The van der Waals surface area contributed by atoms with Crippen LogP contribution in [0.15, 0.2) is 52.5 Å². The maximum Gasteiger partial charge on any atom is 0.276 e. The zero-order valence-corrected chi connectivity index (χ0v) is 15.3. The van der Waals surface area contributed by atoms with Crippen LogP contribution in [0.2, 0.25) is 0 Å². The van der Waals surface area contributed by atoms with Gasteiger partial charge in [-0.3, -0.25) is 0 Å². The van der Waals surface area contributed by atoms with Gasteiger partial charge in [-0.15, -0.1) is 5.10 Å². The second-order valence-corrected chi connectivity index (χ2v) is 8.10. The van der Waals surface area contributed by atoms with Gasteiger partial charge in [-0.2, -0.15) is 13.2 Å². The standard InChI is InChI=1S/C16H13N3O6S2/c1-19-12-7-4-10(15(22)23)8-13(12)26-16(19)17-18-27(24,25)11-5-2-9(3-6-11)14(20)21/h2-8,18H,1H3,(H,20,21)(H,22,23)/p-2/b17-16-. The van der Waals surface area contributed by atoms with Gasteiger partial charge in [0, 0.05) is 7.05 Å². The summed E-state index contributed by atoms with van der Waals surface area (Å²) in [5, 5.41) is 25.5. The van der Waals surface area contributed by atoms with E-state index in [2.05, 4.69) is 9.93 Å². The van der Waals surface area contributed by atoms with Gasteiger partial charge in [-0.05, 0) is 35.4 Å². The summed E-state index contributed by atoms with van der Waals surface area (Å²) < 4.78 is 26.8. The van der Waals surface area contributed by atoms with E-state index in [1.54, 1.807) is 17.7 Å². The first kappa shape index (κ1) is 18.6. The number of benzene rings is 2. The van der Waals surface area contributed by atoms with Gasteiger partial charge < -0.3 is 24.4 Å². The van der Waals surface area contributed by atoms with Crippen molar-refractivity contribution in [3.63, 3.8) is 0 Å². The van der Waals surface area contributed by atoms with Crippen LogP contribution in [0.1, 0.15) is 20.7 Å². The second kappa shape index (κ2) is 6.85. The Hall–Kier alpha value is -3.18. The normalized spacial score (nSPS) is 12.3. The van der Waals surface area contributed by atoms with Crippen molar-refractivity contribution in [2.24, 2.45) is 12.1 Å². The van der Waals surface area contributed by atoms with Crippen LogP contribution in [0, 0.1) is 0 Å². The Morgan fingerprint density at radius 3 is 2.22 bits per heavy atom. The number of aromatic nitrogens is 1. The minimum Gasteiger partial charge on any atom is -0.545 e. The van der Waals surface area contributed by atoms with Crippen molar-refractivity contribution in [3.05, 3.63) is 58.4 Å².